The second kappa shape index (κ2) is 9.71. The second-order valence-corrected chi connectivity index (χ2v) is 6.58. The van der Waals surface area contributed by atoms with Gasteiger partial charge in [-0.3, -0.25) is 0 Å². The Hall–Kier alpha value is -0.500. The first-order valence-electron chi connectivity index (χ1n) is 8.48. The first-order chi connectivity index (χ1) is 10.8. The Labute approximate surface area is 138 Å². The largest absolute Gasteiger partial charge is 0.394 e. The minimum atomic E-state index is -1.34. The summed E-state index contributed by atoms with van der Waals surface area (Å²) in [5.41, 5.74) is 0. The molecule has 1 saturated heterocycles. The number of aliphatic hydroxyl groups is 4. The van der Waals surface area contributed by atoms with Crippen LogP contribution in [0, 0.1) is 0 Å². The van der Waals surface area contributed by atoms with Gasteiger partial charge in [-0.25, -0.2) is 0 Å². The minimum absolute atomic E-state index is 0.384. The van der Waals surface area contributed by atoms with Crippen molar-refractivity contribution in [3.8, 4) is 0 Å². The molecule has 0 amide bonds. The van der Waals surface area contributed by atoms with E-state index in [1.807, 2.05) is 12.2 Å². The Balaban J connectivity index is 2.59. The quantitative estimate of drug-likeness (QED) is 0.353. The highest BCUT2D eigenvalue weighted by Gasteiger charge is 2.49. The second-order valence-electron chi connectivity index (χ2n) is 6.58. The lowest BCUT2D eigenvalue weighted by Gasteiger charge is -2.27. The molecule has 1 aliphatic heterocycles. The Kier molecular flexibility index (Phi) is 8.68. The SMILES string of the molecule is CCCCC/C=C\C[C@@H](O)[C@H]1OC(C)(C)O[C@H]1[C@H](O)[C@H](O)CO. The number of rotatable bonds is 10. The molecule has 1 rings (SSSR count). The van der Waals surface area contributed by atoms with E-state index in [2.05, 4.69) is 6.92 Å². The van der Waals surface area contributed by atoms with Crippen LogP contribution in [-0.4, -0.2) is 63.3 Å². The lowest BCUT2D eigenvalue weighted by molar-refractivity contribution is -0.167. The molecule has 5 atom stereocenters. The van der Waals surface area contributed by atoms with Crippen LogP contribution in [-0.2, 0) is 9.47 Å². The van der Waals surface area contributed by atoms with Crippen LogP contribution in [0.4, 0.5) is 0 Å². The highest BCUT2D eigenvalue weighted by Crippen LogP contribution is 2.33. The minimum Gasteiger partial charge on any atom is -0.394 e. The van der Waals surface area contributed by atoms with Crippen molar-refractivity contribution in [3.05, 3.63) is 12.2 Å². The predicted octanol–water partition coefficient (Wildman–Crippen LogP) is 1.11. The van der Waals surface area contributed by atoms with Crippen molar-refractivity contribution in [3.63, 3.8) is 0 Å². The number of hydrogen-bond donors (Lipinski definition) is 4. The van der Waals surface area contributed by atoms with Gasteiger partial charge in [-0.2, -0.15) is 0 Å². The zero-order valence-electron chi connectivity index (χ0n) is 14.4. The van der Waals surface area contributed by atoms with Gasteiger partial charge in [-0.05, 0) is 33.1 Å². The van der Waals surface area contributed by atoms with Gasteiger partial charge in [0.15, 0.2) is 5.79 Å². The first kappa shape index (κ1) is 20.5. The van der Waals surface area contributed by atoms with Gasteiger partial charge < -0.3 is 29.9 Å². The van der Waals surface area contributed by atoms with Crippen LogP contribution in [0.5, 0.6) is 0 Å². The fourth-order valence-electron chi connectivity index (χ4n) is 2.71. The van der Waals surface area contributed by atoms with Gasteiger partial charge in [-0.1, -0.05) is 31.9 Å². The summed E-state index contributed by atoms with van der Waals surface area (Å²) in [7, 11) is 0. The molecule has 0 spiro atoms. The van der Waals surface area contributed by atoms with Gasteiger partial charge in [0.05, 0.1) is 12.7 Å². The molecule has 0 aromatic rings. The van der Waals surface area contributed by atoms with Crippen molar-refractivity contribution < 1.29 is 29.9 Å². The third-order valence-corrected chi connectivity index (χ3v) is 3.98. The van der Waals surface area contributed by atoms with Crippen LogP contribution >= 0.6 is 0 Å². The van der Waals surface area contributed by atoms with E-state index < -0.39 is 42.9 Å². The van der Waals surface area contributed by atoms with Gasteiger partial charge in [0.1, 0.15) is 24.4 Å². The van der Waals surface area contributed by atoms with Gasteiger partial charge >= 0.3 is 0 Å². The van der Waals surface area contributed by atoms with Crippen molar-refractivity contribution >= 4 is 0 Å². The zero-order chi connectivity index (χ0) is 17.5. The average molecular weight is 332 g/mol. The van der Waals surface area contributed by atoms with E-state index in [9.17, 15) is 15.3 Å². The molecule has 1 heterocycles. The topological polar surface area (TPSA) is 99.4 Å². The third-order valence-electron chi connectivity index (χ3n) is 3.98. The summed E-state index contributed by atoms with van der Waals surface area (Å²) in [5.74, 6) is -0.961. The lowest BCUT2D eigenvalue weighted by Crippen LogP contribution is -2.48. The number of hydrogen-bond acceptors (Lipinski definition) is 6. The van der Waals surface area contributed by atoms with E-state index in [4.69, 9.17) is 14.6 Å². The smallest absolute Gasteiger partial charge is 0.164 e. The van der Waals surface area contributed by atoms with E-state index in [-0.39, 0.29) is 0 Å². The summed E-state index contributed by atoms with van der Waals surface area (Å²) in [5, 5.41) is 39.0. The normalized spacial score (nSPS) is 28.1. The van der Waals surface area contributed by atoms with Crippen LogP contribution in [0.15, 0.2) is 12.2 Å². The third kappa shape index (κ3) is 6.49. The van der Waals surface area contributed by atoms with Crippen LogP contribution in [0.1, 0.15) is 52.9 Å². The average Bonchev–Trinajstić information content (AvgIpc) is 2.84. The lowest BCUT2D eigenvalue weighted by atomic mass is 9.97. The number of aliphatic hydroxyl groups excluding tert-OH is 4. The maximum Gasteiger partial charge on any atom is 0.164 e. The fraction of sp³-hybridized carbons (Fsp3) is 0.882. The van der Waals surface area contributed by atoms with Crippen LogP contribution in [0.3, 0.4) is 0 Å². The summed E-state index contributed by atoms with van der Waals surface area (Å²) in [6.07, 6.45) is 3.61. The van der Waals surface area contributed by atoms with Crippen molar-refractivity contribution in [2.45, 2.75) is 89.2 Å². The molecule has 0 aromatic carbocycles. The van der Waals surface area contributed by atoms with Crippen molar-refractivity contribution in [2.24, 2.45) is 0 Å². The van der Waals surface area contributed by atoms with Gasteiger partial charge in [0.2, 0.25) is 0 Å². The molecule has 0 unspecified atom stereocenters. The molecule has 4 N–H and O–H groups in total. The van der Waals surface area contributed by atoms with Crippen LogP contribution in [0.2, 0.25) is 0 Å². The van der Waals surface area contributed by atoms with Gasteiger partial charge in [-0.15, -0.1) is 0 Å². The first-order valence-corrected chi connectivity index (χ1v) is 8.48. The molecule has 0 aliphatic carbocycles. The summed E-state index contributed by atoms with van der Waals surface area (Å²) in [6, 6.07) is 0. The number of unbranched alkanes of at least 4 members (excludes halogenated alkanes) is 3. The van der Waals surface area contributed by atoms with Crippen molar-refractivity contribution in [2.75, 3.05) is 6.61 Å². The molecule has 0 radical (unpaired) electrons. The van der Waals surface area contributed by atoms with Gasteiger partial charge in [0, 0.05) is 0 Å². The van der Waals surface area contributed by atoms with E-state index in [1.54, 1.807) is 13.8 Å². The van der Waals surface area contributed by atoms with Crippen LogP contribution in [0.25, 0.3) is 0 Å². The summed E-state index contributed by atoms with van der Waals surface area (Å²) in [4.78, 5) is 0. The molecule has 136 valence electrons. The molecular formula is C17H32O6. The molecule has 1 fully saturated rings. The molecule has 0 bridgehead atoms. The fourth-order valence-corrected chi connectivity index (χ4v) is 2.71. The number of ether oxygens (including phenoxy) is 2. The molecule has 23 heavy (non-hydrogen) atoms. The highest BCUT2D eigenvalue weighted by molar-refractivity contribution is 4.96. The predicted molar refractivity (Wildman–Crippen MR) is 86.8 cm³/mol. The monoisotopic (exact) mass is 332 g/mol. The van der Waals surface area contributed by atoms with Crippen LogP contribution < -0.4 is 0 Å². The molecular weight excluding hydrogens is 300 g/mol. The van der Waals surface area contributed by atoms with Gasteiger partial charge in [0.25, 0.3) is 0 Å². The molecule has 1 aliphatic rings. The maximum atomic E-state index is 10.3. The molecule has 6 nitrogen and oxygen atoms in total. The van der Waals surface area contributed by atoms with E-state index in [0.29, 0.717) is 6.42 Å². The van der Waals surface area contributed by atoms with E-state index in [0.717, 1.165) is 12.8 Å². The molecule has 6 heteroatoms. The Bertz CT molecular complexity index is 357. The Morgan fingerprint density at radius 2 is 1.70 bits per heavy atom. The summed E-state index contributed by atoms with van der Waals surface area (Å²) >= 11 is 0. The van der Waals surface area contributed by atoms with Crippen molar-refractivity contribution in [1.29, 1.82) is 0 Å². The molecule has 0 aromatic heterocycles. The Morgan fingerprint density at radius 3 is 2.30 bits per heavy atom. The zero-order valence-corrected chi connectivity index (χ0v) is 14.4. The molecule has 0 saturated carbocycles. The van der Waals surface area contributed by atoms with E-state index >= 15 is 0 Å². The maximum absolute atomic E-state index is 10.3. The highest BCUT2D eigenvalue weighted by atomic mass is 16.8. The number of allylic oxidation sites excluding steroid dienone is 1. The standard InChI is InChI=1S/C17H32O6/c1-4-5-6-7-8-9-10-12(19)15-16(14(21)13(20)11-18)23-17(2,3)22-15/h8-9,12-16,18-21H,4-7,10-11H2,1-3H3/b9-8-/t12-,13-,14-,15-,16+/m1/s1. The Morgan fingerprint density at radius 1 is 1.04 bits per heavy atom. The summed E-state index contributed by atoms with van der Waals surface area (Å²) in [6.45, 7) is 4.94. The summed E-state index contributed by atoms with van der Waals surface area (Å²) < 4.78 is 11.3. The van der Waals surface area contributed by atoms with Crippen molar-refractivity contribution in [1.82, 2.24) is 0 Å². The van der Waals surface area contributed by atoms with E-state index in [1.165, 1.54) is 12.8 Å².